The lowest BCUT2D eigenvalue weighted by molar-refractivity contribution is -0.660. The number of furan rings is 1. The van der Waals surface area contributed by atoms with E-state index in [0.29, 0.717) is 35.2 Å². The van der Waals surface area contributed by atoms with E-state index in [1.54, 1.807) is 12.1 Å². The van der Waals surface area contributed by atoms with Crippen LogP contribution in [0.3, 0.4) is 0 Å². The molecule has 0 radical (unpaired) electrons. The molecule has 0 N–H and O–H groups in total. The summed E-state index contributed by atoms with van der Waals surface area (Å²) in [6, 6.07) is 29.0. The summed E-state index contributed by atoms with van der Waals surface area (Å²) in [5.74, 6) is -0.375. The van der Waals surface area contributed by atoms with E-state index in [9.17, 15) is 0 Å². The molecule has 4 heteroatoms. The maximum atomic E-state index is 15.8. The number of hydrogen-bond acceptors (Lipinski definition) is 2. The van der Waals surface area contributed by atoms with Crippen LogP contribution in [0.15, 0.2) is 102 Å². The first-order valence-corrected chi connectivity index (χ1v) is 12.9. The van der Waals surface area contributed by atoms with Gasteiger partial charge < -0.3 is 9.32 Å². The normalized spacial score (nSPS) is 15.4. The first kappa shape index (κ1) is 20.6. The van der Waals surface area contributed by atoms with E-state index in [-0.39, 0.29) is 5.82 Å². The van der Waals surface area contributed by atoms with Crippen molar-refractivity contribution in [2.45, 2.75) is 19.7 Å². The highest BCUT2D eigenvalue weighted by Gasteiger charge is 2.24. The van der Waals surface area contributed by atoms with Gasteiger partial charge in [0.1, 0.15) is 24.0 Å². The van der Waals surface area contributed by atoms with Gasteiger partial charge in [0.05, 0.1) is 11.1 Å². The Hall–Kier alpha value is -4.44. The minimum atomic E-state index is -1.47. The van der Waals surface area contributed by atoms with Crippen molar-refractivity contribution in [2.75, 3.05) is 11.4 Å². The maximum Gasteiger partial charge on any atom is 0.216 e. The molecular weight excluding hydrogens is 471 g/mol. The van der Waals surface area contributed by atoms with Crippen LogP contribution in [0.4, 0.5) is 15.8 Å². The molecule has 38 heavy (non-hydrogen) atoms. The van der Waals surface area contributed by atoms with Gasteiger partial charge in [0.2, 0.25) is 5.69 Å². The topological polar surface area (TPSA) is 20.3 Å². The minimum absolute atomic E-state index is 0.375. The van der Waals surface area contributed by atoms with Crippen LogP contribution >= 0.6 is 0 Å². The number of hydrogen-bond donors (Lipinski definition) is 0. The molecule has 2 aromatic heterocycles. The van der Waals surface area contributed by atoms with Gasteiger partial charge in [-0.15, -0.1) is 0 Å². The van der Waals surface area contributed by atoms with Crippen molar-refractivity contribution in [1.82, 2.24) is 0 Å². The van der Waals surface area contributed by atoms with Gasteiger partial charge in [0.15, 0.2) is 6.20 Å². The average molecular weight is 502 g/mol. The molecule has 6 aromatic rings. The SMILES string of the molecule is [2H]C1([2H])CCN(c2ccccc2)c2cc(-c3c(F)ccc4c3oc3c(-c5cccc[n+]5C)c(C)ccc34)ccc21. The van der Waals surface area contributed by atoms with Crippen LogP contribution in [-0.2, 0) is 13.4 Å². The van der Waals surface area contributed by atoms with Gasteiger partial charge in [-0.3, -0.25) is 0 Å². The average Bonchev–Trinajstić information content (AvgIpc) is 3.32. The molecule has 7 rings (SSSR count). The number of halogens is 1. The second-order valence-electron chi connectivity index (χ2n) is 9.88. The summed E-state index contributed by atoms with van der Waals surface area (Å²) in [6.07, 6.45) is 0.910. The van der Waals surface area contributed by atoms with Gasteiger partial charge in [0, 0.05) is 43.6 Å². The van der Waals surface area contributed by atoms with Crippen LogP contribution in [-0.4, -0.2) is 6.54 Å². The van der Waals surface area contributed by atoms with Gasteiger partial charge in [-0.1, -0.05) is 42.5 Å². The van der Waals surface area contributed by atoms with Gasteiger partial charge in [-0.25, -0.2) is 8.96 Å². The van der Waals surface area contributed by atoms with Crippen molar-refractivity contribution in [3.8, 4) is 22.4 Å². The van der Waals surface area contributed by atoms with E-state index < -0.39 is 6.37 Å². The molecule has 0 atom stereocenters. The van der Waals surface area contributed by atoms with E-state index in [2.05, 4.69) is 28.5 Å². The van der Waals surface area contributed by atoms with Gasteiger partial charge in [-0.05, 0) is 72.8 Å². The molecule has 0 unspecified atom stereocenters. The third-order valence-corrected chi connectivity index (χ3v) is 7.57. The first-order valence-electron chi connectivity index (χ1n) is 13.9. The third kappa shape index (κ3) is 3.52. The highest BCUT2D eigenvalue weighted by Crippen LogP contribution is 2.43. The molecule has 0 aliphatic carbocycles. The van der Waals surface area contributed by atoms with Crippen LogP contribution in [0.5, 0.6) is 0 Å². The lowest BCUT2D eigenvalue weighted by Crippen LogP contribution is -2.30. The molecule has 0 spiro atoms. The Morgan fingerprint density at radius 1 is 0.868 bits per heavy atom. The van der Waals surface area contributed by atoms with Crippen molar-refractivity contribution in [1.29, 1.82) is 0 Å². The molecule has 186 valence electrons. The van der Waals surface area contributed by atoms with Crippen LogP contribution in [0.1, 0.15) is 20.3 Å². The standard InChI is InChI=1S/C34H28FN2O/c1-22-13-16-26-27-17-18-28(35)32(34(27)38-33(26)31(22)29-12-6-7-19-36(29)2)24-15-14-23-9-8-20-37(30(23)21-24)25-10-4-3-5-11-25/h3-7,10-19,21H,8-9,20H2,1-2H3/q+1/i9D2. The van der Waals surface area contributed by atoms with Crippen LogP contribution in [0.25, 0.3) is 44.3 Å². The smallest absolute Gasteiger partial charge is 0.216 e. The molecule has 0 saturated carbocycles. The van der Waals surface area contributed by atoms with E-state index in [1.807, 2.05) is 73.9 Å². The summed E-state index contributed by atoms with van der Waals surface area (Å²) in [4.78, 5) is 2.12. The zero-order valence-corrected chi connectivity index (χ0v) is 21.3. The molecule has 1 aliphatic heterocycles. The Bertz CT molecular complexity index is 1930. The van der Waals surface area contributed by atoms with E-state index in [1.165, 1.54) is 6.07 Å². The predicted molar refractivity (Wildman–Crippen MR) is 152 cm³/mol. The summed E-state index contributed by atoms with van der Waals surface area (Å²) >= 11 is 0. The summed E-state index contributed by atoms with van der Waals surface area (Å²) < 4.78 is 41.8. The number of aryl methyl sites for hydroxylation is 3. The second kappa shape index (κ2) is 8.84. The Balaban J connectivity index is 1.48. The number of nitrogens with zero attached hydrogens (tertiary/aromatic N) is 2. The summed E-state index contributed by atoms with van der Waals surface area (Å²) in [7, 11) is 2.01. The van der Waals surface area contributed by atoms with Crippen LogP contribution in [0, 0.1) is 12.7 Å². The number of rotatable bonds is 3. The largest absolute Gasteiger partial charge is 0.454 e. The first-order chi connectivity index (χ1) is 19.3. The van der Waals surface area contributed by atoms with Crippen molar-refractivity contribution in [3.05, 3.63) is 114 Å². The Morgan fingerprint density at radius 3 is 2.45 bits per heavy atom. The number of para-hydroxylation sites is 1. The van der Waals surface area contributed by atoms with Crippen molar-refractivity contribution in [3.63, 3.8) is 0 Å². The summed E-state index contributed by atoms with van der Waals surface area (Å²) in [5, 5.41) is 1.78. The lowest BCUT2D eigenvalue weighted by Gasteiger charge is -2.32. The highest BCUT2D eigenvalue weighted by atomic mass is 19.1. The number of benzene rings is 4. The lowest BCUT2D eigenvalue weighted by atomic mass is 9.94. The fourth-order valence-corrected chi connectivity index (χ4v) is 5.71. The molecule has 0 saturated heterocycles. The fourth-order valence-electron chi connectivity index (χ4n) is 5.71. The third-order valence-electron chi connectivity index (χ3n) is 7.57. The van der Waals surface area contributed by atoms with Crippen molar-refractivity contribution < 1.29 is 16.1 Å². The Kier molecular flexibility index (Phi) is 4.79. The molecule has 4 aromatic carbocycles. The van der Waals surface area contributed by atoms with E-state index in [0.717, 1.165) is 44.6 Å². The molecule has 0 fully saturated rings. The number of aromatic nitrogens is 1. The number of pyridine rings is 1. The molecule has 0 bridgehead atoms. The van der Waals surface area contributed by atoms with Gasteiger partial charge >= 0.3 is 0 Å². The zero-order chi connectivity index (χ0) is 27.6. The van der Waals surface area contributed by atoms with Crippen LogP contribution in [0.2, 0.25) is 0 Å². The van der Waals surface area contributed by atoms with E-state index in [4.69, 9.17) is 7.16 Å². The zero-order valence-electron chi connectivity index (χ0n) is 23.3. The van der Waals surface area contributed by atoms with Gasteiger partial charge in [0.25, 0.3) is 0 Å². The molecule has 3 nitrogen and oxygen atoms in total. The minimum Gasteiger partial charge on any atom is -0.454 e. The Labute approximate surface area is 224 Å². The molecule has 3 heterocycles. The quantitative estimate of drug-likeness (QED) is 0.227. The van der Waals surface area contributed by atoms with Crippen LogP contribution < -0.4 is 9.47 Å². The van der Waals surface area contributed by atoms with E-state index >= 15 is 4.39 Å². The number of anilines is 2. The Morgan fingerprint density at radius 2 is 1.63 bits per heavy atom. The second-order valence-corrected chi connectivity index (χ2v) is 9.88. The summed E-state index contributed by atoms with van der Waals surface area (Å²) in [5.41, 5.74) is 7.67. The number of fused-ring (bicyclic) bond motifs is 4. The van der Waals surface area contributed by atoms with Crippen molar-refractivity contribution in [2.24, 2.45) is 7.05 Å². The highest BCUT2D eigenvalue weighted by molar-refractivity contribution is 6.13. The van der Waals surface area contributed by atoms with Gasteiger partial charge in [-0.2, -0.15) is 0 Å². The molecular formula is C34H28FN2O+. The fraction of sp³-hybridized carbons (Fsp3) is 0.147. The van der Waals surface area contributed by atoms with Crippen molar-refractivity contribution >= 4 is 33.3 Å². The molecule has 1 aliphatic rings. The predicted octanol–water partition coefficient (Wildman–Crippen LogP) is 8.28. The monoisotopic (exact) mass is 501 g/mol. The maximum absolute atomic E-state index is 15.8. The summed E-state index contributed by atoms with van der Waals surface area (Å²) in [6.45, 7) is 2.59. The molecule has 0 amide bonds.